The Labute approximate surface area is 242 Å². The van der Waals surface area contributed by atoms with Crippen molar-refractivity contribution in [2.45, 2.75) is 0 Å². The topological polar surface area (TPSA) is 119 Å². The first kappa shape index (κ1) is 28.0. The van der Waals surface area contributed by atoms with Crippen LogP contribution in [-0.4, -0.2) is 44.6 Å². The number of hydrogen-bond acceptors (Lipinski definition) is 7. The molecule has 0 aliphatic rings. The molecule has 1 N–H and O–H groups in total. The first-order valence-electron chi connectivity index (χ1n) is 12.7. The number of sulfonamides is 1. The highest BCUT2D eigenvalue weighted by atomic mass is 32.2. The number of nitrogens with one attached hydrogen (secondary N) is 1. The minimum atomic E-state index is -3.83. The number of oxazole rings is 1. The number of carbonyl (C=O) groups is 1. The molecule has 0 saturated heterocycles. The Hall–Kier alpha value is -5.17. The van der Waals surface area contributed by atoms with Gasteiger partial charge in [-0.15, -0.1) is 0 Å². The minimum Gasteiger partial charge on any atom is -0.455 e. The van der Waals surface area contributed by atoms with Crippen LogP contribution in [0.5, 0.6) is 0 Å². The number of amides is 1. The first-order chi connectivity index (χ1) is 20.5. The number of rotatable bonds is 6. The number of nitrogens with zero attached hydrogens (tertiary/aromatic N) is 3. The Bertz CT molecular complexity index is 2180. The van der Waals surface area contributed by atoms with E-state index < -0.39 is 33.4 Å². The summed E-state index contributed by atoms with van der Waals surface area (Å²) >= 11 is 0. The van der Waals surface area contributed by atoms with Crippen LogP contribution in [0.4, 0.5) is 18.9 Å². The van der Waals surface area contributed by atoms with E-state index in [-0.39, 0.29) is 61.8 Å². The Morgan fingerprint density at radius 3 is 2.35 bits per heavy atom. The second kappa shape index (κ2) is 10.3. The van der Waals surface area contributed by atoms with E-state index in [2.05, 4.69) is 15.3 Å². The molecule has 3 aromatic heterocycles. The van der Waals surface area contributed by atoms with E-state index in [0.29, 0.717) is 5.56 Å². The van der Waals surface area contributed by atoms with E-state index in [1.807, 2.05) is 0 Å². The predicted octanol–water partition coefficient (Wildman–Crippen LogP) is 6.14. The molecule has 0 aliphatic carbocycles. The fourth-order valence-electron chi connectivity index (χ4n) is 4.71. The van der Waals surface area contributed by atoms with Gasteiger partial charge >= 0.3 is 0 Å². The van der Waals surface area contributed by atoms with Crippen molar-refractivity contribution in [2.24, 2.45) is 0 Å². The smallest absolute Gasteiger partial charge is 0.255 e. The van der Waals surface area contributed by atoms with Crippen LogP contribution in [0.1, 0.15) is 10.4 Å². The van der Waals surface area contributed by atoms with Gasteiger partial charge in [0.25, 0.3) is 5.91 Å². The lowest BCUT2D eigenvalue weighted by atomic mass is 10.00. The molecule has 0 aliphatic heterocycles. The molecule has 0 spiro atoms. The highest BCUT2D eigenvalue weighted by Gasteiger charge is 2.27. The Morgan fingerprint density at radius 1 is 0.930 bits per heavy atom. The zero-order valence-corrected chi connectivity index (χ0v) is 23.6. The first-order valence-corrected chi connectivity index (χ1v) is 14.5. The summed E-state index contributed by atoms with van der Waals surface area (Å²) in [5.41, 5.74) is 0.927. The second-order valence-electron chi connectivity index (χ2n) is 9.64. The van der Waals surface area contributed by atoms with Crippen molar-refractivity contribution >= 4 is 43.7 Å². The van der Waals surface area contributed by atoms with Crippen molar-refractivity contribution in [3.05, 3.63) is 89.9 Å². The van der Waals surface area contributed by atoms with Crippen molar-refractivity contribution in [2.75, 3.05) is 24.7 Å². The molecule has 0 fully saturated rings. The van der Waals surface area contributed by atoms with Crippen molar-refractivity contribution in [3.63, 3.8) is 0 Å². The number of furan rings is 1. The van der Waals surface area contributed by atoms with Gasteiger partial charge in [0.15, 0.2) is 17.2 Å². The van der Waals surface area contributed by atoms with Gasteiger partial charge < -0.3 is 14.2 Å². The summed E-state index contributed by atoms with van der Waals surface area (Å²) < 4.78 is 81.0. The summed E-state index contributed by atoms with van der Waals surface area (Å²) in [4.78, 5) is 21.4. The molecule has 6 aromatic rings. The van der Waals surface area contributed by atoms with Crippen LogP contribution in [0.15, 0.2) is 75.7 Å². The molecule has 3 aromatic carbocycles. The Morgan fingerprint density at radius 2 is 1.67 bits per heavy atom. The third-order valence-corrected chi connectivity index (χ3v) is 8.13. The normalized spacial score (nSPS) is 11.8. The predicted molar refractivity (Wildman–Crippen MR) is 154 cm³/mol. The fraction of sp³-hybridized carbons (Fsp3) is 0.100. The van der Waals surface area contributed by atoms with Crippen LogP contribution >= 0.6 is 0 Å². The maximum absolute atomic E-state index is 15.1. The Kier molecular flexibility index (Phi) is 6.69. The second-order valence-corrected chi connectivity index (χ2v) is 11.7. The average molecular weight is 607 g/mol. The van der Waals surface area contributed by atoms with Crippen LogP contribution in [0.25, 0.3) is 56.1 Å². The highest BCUT2D eigenvalue weighted by Crippen LogP contribution is 2.42. The van der Waals surface area contributed by atoms with Gasteiger partial charge in [0.2, 0.25) is 15.9 Å². The van der Waals surface area contributed by atoms with Crippen molar-refractivity contribution in [1.29, 1.82) is 0 Å². The average Bonchev–Trinajstić information content (AvgIpc) is 3.58. The van der Waals surface area contributed by atoms with Gasteiger partial charge in [-0.25, -0.2) is 26.6 Å². The van der Waals surface area contributed by atoms with Crippen molar-refractivity contribution in [1.82, 2.24) is 15.3 Å². The van der Waals surface area contributed by atoms with Crippen molar-refractivity contribution < 1.29 is 35.2 Å². The standard InChI is InChI=1S/C30H21F3N4O5S/c1-34-29(38)26-19-11-18(22-12-17(21(33)14-35-22)30-36-27-20(32)5-4-6-24(27)42-30)23(37(2)43(3,39)40)13-25(19)41-28(26)15-7-9-16(31)10-8-15/h4-14H,1-3H3,(H,34,38). The molecule has 9 nitrogen and oxygen atoms in total. The quantitative estimate of drug-likeness (QED) is 0.242. The number of para-hydroxylation sites is 1. The third-order valence-electron chi connectivity index (χ3n) is 6.94. The summed E-state index contributed by atoms with van der Waals surface area (Å²) in [5, 5.41) is 2.85. The van der Waals surface area contributed by atoms with Gasteiger partial charge in [0.05, 0.1) is 35.0 Å². The summed E-state index contributed by atoms with van der Waals surface area (Å²) in [5.74, 6) is -2.56. The van der Waals surface area contributed by atoms with E-state index in [9.17, 15) is 22.0 Å². The number of hydrogen-bond donors (Lipinski definition) is 1. The van der Waals surface area contributed by atoms with Gasteiger partial charge in [-0.05, 0) is 48.5 Å². The molecule has 0 radical (unpaired) electrons. The zero-order chi connectivity index (χ0) is 30.6. The molecular weight excluding hydrogens is 585 g/mol. The number of benzene rings is 3. The number of halogens is 3. The van der Waals surface area contributed by atoms with Gasteiger partial charge in [0.1, 0.15) is 22.7 Å². The van der Waals surface area contributed by atoms with Crippen LogP contribution < -0.4 is 9.62 Å². The lowest BCUT2D eigenvalue weighted by Crippen LogP contribution is -2.25. The number of aromatic nitrogens is 2. The Balaban J connectivity index is 1.63. The molecule has 218 valence electrons. The van der Waals surface area contributed by atoms with Gasteiger partial charge in [-0.1, -0.05) is 6.07 Å². The molecule has 13 heteroatoms. The van der Waals surface area contributed by atoms with Crippen LogP contribution in [0, 0.1) is 17.5 Å². The van der Waals surface area contributed by atoms with E-state index in [4.69, 9.17) is 8.83 Å². The zero-order valence-electron chi connectivity index (χ0n) is 22.8. The summed E-state index contributed by atoms with van der Waals surface area (Å²) in [7, 11) is -1.09. The fourth-order valence-corrected chi connectivity index (χ4v) is 5.22. The molecule has 6 rings (SSSR count). The molecule has 0 atom stereocenters. The molecule has 0 unspecified atom stereocenters. The number of anilines is 1. The van der Waals surface area contributed by atoms with E-state index >= 15 is 4.39 Å². The number of fused-ring (bicyclic) bond motifs is 2. The van der Waals surface area contributed by atoms with Crippen molar-refractivity contribution in [3.8, 4) is 34.0 Å². The van der Waals surface area contributed by atoms with Crippen LogP contribution in [0.2, 0.25) is 0 Å². The lowest BCUT2D eigenvalue weighted by Gasteiger charge is -2.20. The largest absolute Gasteiger partial charge is 0.455 e. The summed E-state index contributed by atoms with van der Waals surface area (Å²) in [6.07, 6.45) is 1.91. The van der Waals surface area contributed by atoms with Gasteiger partial charge in [-0.3, -0.25) is 14.1 Å². The lowest BCUT2D eigenvalue weighted by molar-refractivity contribution is 0.0964. The van der Waals surface area contributed by atoms with E-state index in [0.717, 1.165) is 16.8 Å². The summed E-state index contributed by atoms with van der Waals surface area (Å²) in [6.45, 7) is 0. The van der Waals surface area contributed by atoms with Gasteiger partial charge in [0, 0.05) is 36.7 Å². The van der Waals surface area contributed by atoms with Crippen LogP contribution in [0.3, 0.4) is 0 Å². The third kappa shape index (κ3) is 4.87. The molecule has 43 heavy (non-hydrogen) atoms. The molecule has 0 saturated carbocycles. The highest BCUT2D eigenvalue weighted by molar-refractivity contribution is 7.92. The van der Waals surface area contributed by atoms with E-state index in [1.165, 1.54) is 74.8 Å². The SMILES string of the molecule is CNC(=O)c1c(-c2ccc(F)cc2)oc2cc(N(C)S(C)(=O)=O)c(-c3cc(-c4nc5c(F)cccc5o4)c(F)cn3)cc12. The molecule has 1 amide bonds. The molecule has 3 heterocycles. The monoisotopic (exact) mass is 606 g/mol. The summed E-state index contributed by atoms with van der Waals surface area (Å²) in [6, 6.07) is 13.6. The molecule has 0 bridgehead atoms. The maximum Gasteiger partial charge on any atom is 0.255 e. The van der Waals surface area contributed by atoms with Crippen LogP contribution in [-0.2, 0) is 10.0 Å². The number of carbonyl (C=O) groups excluding carboxylic acids is 1. The molecular formula is C30H21F3N4O5S. The van der Waals surface area contributed by atoms with Gasteiger partial charge in [-0.2, -0.15) is 0 Å². The minimum absolute atomic E-state index is 0.0869. The van der Waals surface area contributed by atoms with E-state index in [1.54, 1.807) is 0 Å². The maximum atomic E-state index is 15.1. The number of pyridine rings is 1.